The Morgan fingerprint density at radius 3 is 2.69 bits per heavy atom. The van der Waals surface area contributed by atoms with Crippen LogP contribution in [0.5, 0.6) is 0 Å². The van der Waals surface area contributed by atoms with Crippen molar-refractivity contribution in [2.24, 2.45) is 0 Å². The number of carbonyl (C=O) groups is 1. The predicted octanol–water partition coefficient (Wildman–Crippen LogP) is 3.67. The van der Waals surface area contributed by atoms with Crippen LogP contribution in [-0.2, 0) is 11.3 Å². The van der Waals surface area contributed by atoms with Gasteiger partial charge in [0.25, 0.3) is 0 Å². The number of amides is 1. The molecule has 3 N–H and O–H groups in total. The van der Waals surface area contributed by atoms with Crippen LogP contribution < -0.4 is 16.0 Å². The molecule has 2 aromatic carbocycles. The number of fused-ring (bicyclic) bond motifs is 7. The Kier molecular flexibility index (Phi) is 8.10. The number of anilines is 3. The molecule has 8 nitrogen and oxygen atoms in total. The third kappa shape index (κ3) is 6.49. The van der Waals surface area contributed by atoms with E-state index in [-0.39, 0.29) is 13.3 Å². The summed E-state index contributed by atoms with van der Waals surface area (Å²) in [5, 5.41) is 9.67. The molecule has 0 spiro atoms. The summed E-state index contributed by atoms with van der Waals surface area (Å²) < 4.78 is 0. The van der Waals surface area contributed by atoms with Crippen LogP contribution >= 0.6 is 0 Å². The van der Waals surface area contributed by atoms with Crippen molar-refractivity contribution < 1.29 is 4.79 Å². The van der Waals surface area contributed by atoms with E-state index in [0.29, 0.717) is 31.3 Å². The average Bonchev–Trinajstić information content (AvgIpc) is 2.78. The van der Waals surface area contributed by atoms with E-state index in [1.807, 2.05) is 43.4 Å². The molecule has 0 saturated heterocycles. The molecule has 0 atom stereocenters. The maximum Gasteiger partial charge on any atom is 0.230 e. The summed E-state index contributed by atoms with van der Waals surface area (Å²) >= 11 is 0. The van der Waals surface area contributed by atoms with Gasteiger partial charge in [0.2, 0.25) is 11.9 Å². The normalized spacial score (nSPS) is 15.3. The van der Waals surface area contributed by atoms with Crippen molar-refractivity contribution in [2.75, 3.05) is 37.3 Å². The number of hydrogen-bond donors (Lipinski definition) is 3. The van der Waals surface area contributed by atoms with Crippen molar-refractivity contribution in [3.63, 3.8) is 0 Å². The lowest BCUT2D eigenvalue weighted by Gasteiger charge is -2.17. The van der Waals surface area contributed by atoms with E-state index in [9.17, 15) is 4.79 Å². The van der Waals surface area contributed by atoms with E-state index >= 15 is 0 Å². The second-order valence-electron chi connectivity index (χ2n) is 7.66. The predicted molar refractivity (Wildman–Crippen MR) is 129 cm³/mol. The Bertz CT molecular complexity index is 1040. The molecule has 4 rings (SSSR count). The molecular weight excluding hydrogens is 402 g/mol. The van der Waals surface area contributed by atoms with Crippen LogP contribution in [0.2, 0.25) is 0 Å². The van der Waals surface area contributed by atoms with Crippen LogP contribution in [-0.4, -0.2) is 52.4 Å². The van der Waals surface area contributed by atoms with Crippen molar-refractivity contribution in [2.45, 2.75) is 26.8 Å². The van der Waals surface area contributed by atoms with E-state index in [1.165, 1.54) is 6.33 Å². The molecule has 6 bridgehead atoms. The molecule has 8 heteroatoms. The van der Waals surface area contributed by atoms with Gasteiger partial charge in [-0.1, -0.05) is 31.7 Å². The molecule has 1 amide bonds. The largest absolute Gasteiger partial charge is 0.385 e. The van der Waals surface area contributed by atoms with Crippen LogP contribution in [0.1, 0.15) is 25.8 Å². The smallest absolute Gasteiger partial charge is 0.230 e. The number of carbonyl (C=O) groups excluding carboxylic acids is 1. The Morgan fingerprint density at radius 2 is 1.78 bits per heavy atom. The SMILES string of the molecule is C.CN1CCC(=O)NCCCNc2cccc(c2)-c2ncnc(n2)Nc2cccc(c2)C1. The van der Waals surface area contributed by atoms with E-state index < -0.39 is 0 Å². The summed E-state index contributed by atoms with van der Waals surface area (Å²) in [6, 6.07) is 16.1. The molecule has 32 heavy (non-hydrogen) atoms. The van der Waals surface area contributed by atoms with Gasteiger partial charge < -0.3 is 20.9 Å². The summed E-state index contributed by atoms with van der Waals surface area (Å²) in [6.45, 7) is 2.87. The first kappa shape index (κ1) is 23.1. The van der Waals surface area contributed by atoms with Gasteiger partial charge in [-0.05, 0) is 43.3 Å². The molecule has 0 unspecified atom stereocenters. The Labute approximate surface area is 189 Å². The molecule has 3 aromatic rings. The second-order valence-corrected chi connectivity index (χ2v) is 7.66. The number of benzene rings is 2. The molecule has 0 aliphatic carbocycles. The topological polar surface area (TPSA) is 95.1 Å². The fourth-order valence-electron chi connectivity index (χ4n) is 3.46. The Hall–Kier alpha value is -3.52. The van der Waals surface area contributed by atoms with Gasteiger partial charge in [0.1, 0.15) is 6.33 Å². The van der Waals surface area contributed by atoms with Crippen LogP contribution in [0.15, 0.2) is 54.9 Å². The summed E-state index contributed by atoms with van der Waals surface area (Å²) in [6.07, 6.45) is 2.85. The molecule has 1 aromatic heterocycles. The quantitative estimate of drug-likeness (QED) is 0.498. The van der Waals surface area contributed by atoms with Crippen molar-refractivity contribution in [1.82, 2.24) is 25.2 Å². The summed E-state index contributed by atoms with van der Waals surface area (Å²) in [4.78, 5) is 27.5. The second kappa shape index (κ2) is 11.2. The fourth-order valence-corrected chi connectivity index (χ4v) is 3.46. The van der Waals surface area contributed by atoms with Gasteiger partial charge in [-0.2, -0.15) is 4.98 Å². The average molecular weight is 434 g/mol. The van der Waals surface area contributed by atoms with E-state index in [4.69, 9.17) is 0 Å². The highest BCUT2D eigenvalue weighted by molar-refractivity contribution is 5.76. The first-order chi connectivity index (χ1) is 15.2. The van der Waals surface area contributed by atoms with Gasteiger partial charge in [0.15, 0.2) is 5.82 Å². The van der Waals surface area contributed by atoms with Gasteiger partial charge in [0.05, 0.1) is 0 Å². The van der Waals surface area contributed by atoms with E-state index in [1.54, 1.807) is 0 Å². The van der Waals surface area contributed by atoms with Crippen molar-refractivity contribution in [1.29, 1.82) is 0 Å². The lowest BCUT2D eigenvalue weighted by Crippen LogP contribution is -2.30. The maximum absolute atomic E-state index is 12.1. The minimum absolute atomic E-state index is 0. The monoisotopic (exact) mass is 433 g/mol. The first-order valence-corrected chi connectivity index (χ1v) is 10.5. The Morgan fingerprint density at radius 1 is 0.969 bits per heavy atom. The maximum atomic E-state index is 12.1. The lowest BCUT2D eigenvalue weighted by molar-refractivity contribution is -0.121. The van der Waals surface area contributed by atoms with Crippen molar-refractivity contribution in [3.05, 3.63) is 60.4 Å². The zero-order valence-electron chi connectivity index (χ0n) is 17.6. The van der Waals surface area contributed by atoms with E-state index in [2.05, 4.69) is 47.9 Å². The zero-order chi connectivity index (χ0) is 21.5. The van der Waals surface area contributed by atoms with Crippen molar-refractivity contribution in [3.8, 4) is 11.4 Å². The first-order valence-electron chi connectivity index (χ1n) is 10.5. The zero-order valence-corrected chi connectivity index (χ0v) is 17.6. The minimum Gasteiger partial charge on any atom is -0.385 e. The summed E-state index contributed by atoms with van der Waals surface area (Å²) in [5.74, 6) is 1.19. The fraction of sp³-hybridized carbons (Fsp3) is 0.333. The molecule has 168 valence electrons. The highest BCUT2D eigenvalue weighted by Gasteiger charge is 2.08. The summed E-state index contributed by atoms with van der Waals surface area (Å²) in [7, 11) is 2.02. The third-order valence-electron chi connectivity index (χ3n) is 5.05. The third-order valence-corrected chi connectivity index (χ3v) is 5.05. The van der Waals surface area contributed by atoms with Gasteiger partial charge in [0, 0.05) is 49.5 Å². The van der Waals surface area contributed by atoms with Crippen LogP contribution in [0.25, 0.3) is 11.4 Å². The molecular formula is C24H31N7O. The summed E-state index contributed by atoms with van der Waals surface area (Å²) in [5.41, 5.74) is 3.96. The molecule has 0 radical (unpaired) electrons. The van der Waals surface area contributed by atoms with Crippen LogP contribution in [0.4, 0.5) is 17.3 Å². The number of nitrogens with zero attached hydrogens (tertiary/aromatic N) is 4. The molecule has 1 aliphatic rings. The van der Waals surface area contributed by atoms with Crippen LogP contribution in [0, 0.1) is 0 Å². The van der Waals surface area contributed by atoms with Crippen molar-refractivity contribution >= 4 is 23.2 Å². The lowest BCUT2D eigenvalue weighted by atomic mass is 10.2. The minimum atomic E-state index is 0. The number of rotatable bonds is 0. The highest BCUT2D eigenvalue weighted by Crippen LogP contribution is 2.21. The molecule has 0 fully saturated rings. The molecule has 0 saturated carbocycles. The van der Waals surface area contributed by atoms with E-state index in [0.717, 1.165) is 42.0 Å². The number of hydrogen-bond acceptors (Lipinski definition) is 7. The van der Waals surface area contributed by atoms with Gasteiger partial charge in [-0.25, -0.2) is 9.97 Å². The molecule has 1 aliphatic heterocycles. The Balaban J connectivity index is 0.00000289. The standard InChI is InChI=1S/C23H27N7O.CH4/c1-30-12-9-21(31)25-11-4-10-24-19-7-3-6-18(14-19)22-26-16-27-23(29-22)28-20-8-2-5-17(13-20)15-30;/h2-3,5-8,13-14,16,24H,4,9-12,15H2,1H3,(H,25,31)(H,26,27,28,29);1H4. The van der Waals surface area contributed by atoms with Gasteiger partial charge >= 0.3 is 0 Å². The number of nitrogens with one attached hydrogen (secondary N) is 3. The highest BCUT2D eigenvalue weighted by atomic mass is 16.1. The van der Waals surface area contributed by atoms with Gasteiger partial charge in [-0.15, -0.1) is 0 Å². The molecule has 2 heterocycles. The number of aromatic nitrogens is 3. The van der Waals surface area contributed by atoms with Gasteiger partial charge in [-0.3, -0.25) is 4.79 Å². The van der Waals surface area contributed by atoms with Crippen LogP contribution in [0.3, 0.4) is 0 Å².